The molecule has 0 saturated carbocycles. The van der Waals surface area contributed by atoms with Gasteiger partial charge in [0, 0.05) is 23.6 Å². The van der Waals surface area contributed by atoms with Crippen LogP contribution in [0.1, 0.15) is 12.0 Å². The zero-order chi connectivity index (χ0) is 11.5. The molecule has 1 aromatic carbocycles. The van der Waals surface area contributed by atoms with Crippen LogP contribution in [-0.2, 0) is 6.54 Å². The van der Waals surface area contributed by atoms with Gasteiger partial charge in [0.05, 0.1) is 0 Å². The van der Waals surface area contributed by atoms with Crippen molar-refractivity contribution in [2.45, 2.75) is 19.0 Å². The van der Waals surface area contributed by atoms with Gasteiger partial charge < -0.3 is 5.32 Å². The normalized spacial score (nSPS) is 20.6. The Labute approximate surface area is 104 Å². The van der Waals surface area contributed by atoms with Crippen molar-refractivity contribution in [2.24, 2.45) is 0 Å². The van der Waals surface area contributed by atoms with Gasteiger partial charge in [0.2, 0.25) is 0 Å². The Morgan fingerprint density at radius 3 is 3.06 bits per heavy atom. The summed E-state index contributed by atoms with van der Waals surface area (Å²) in [7, 11) is 2.09. The predicted octanol–water partition coefficient (Wildman–Crippen LogP) is 2.38. The van der Waals surface area contributed by atoms with Crippen LogP contribution in [0, 0.1) is 5.82 Å². The van der Waals surface area contributed by atoms with Crippen molar-refractivity contribution in [1.29, 1.82) is 0 Å². The largest absolute Gasteiger partial charge is 0.315 e. The lowest BCUT2D eigenvalue weighted by molar-refractivity contribution is 0.248. The fraction of sp³-hybridized carbons (Fsp3) is 0.500. The summed E-state index contributed by atoms with van der Waals surface area (Å²) in [6.07, 6.45) is 1.17. The van der Waals surface area contributed by atoms with E-state index in [9.17, 15) is 4.39 Å². The molecule has 1 aliphatic rings. The lowest BCUT2D eigenvalue weighted by Gasteiger charge is -2.23. The standard InChI is InChI=1S/C12H16BrFN2/c1-16(11-4-5-15-7-11)8-9-6-10(14)2-3-12(9)13/h2-3,6,11,15H,4-5,7-8H2,1H3. The van der Waals surface area contributed by atoms with E-state index in [-0.39, 0.29) is 5.82 Å². The number of nitrogens with one attached hydrogen (secondary N) is 1. The first kappa shape index (κ1) is 12.0. The zero-order valence-corrected chi connectivity index (χ0v) is 10.9. The Balaban J connectivity index is 2.04. The molecule has 2 nitrogen and oxygen atoms in total. The van der Waals surface area contributed by atoms with E-state index in [2.05, 4.69) is 33.2 Å². The van der Waals surface area contributed by atoms with Crippen molar-refractivity contribution in [3.05, 3.63) is 34.1 Å². The monoisotopic (exact) mass is 286 g/mol. The molecule has 0 amide bonds. The molecule has 1 aliphatic heterocycles. The molecule has 0 radical (unpaired) electrons. The molecule has 1 heterocycles. The first-order valence-electron chi connectivity index (χ1n) is 5.51. The second-order valence-corrected chi connectivity index (χ2v) is 5.15. The maximum absolute atomic E-state index is 13.1. The van der Waals surface area contributed by atoms with Crippen molar-refractivity contribution >= 4 is 15.9 Å². The molecule has 1 unspecified atom stereocenters. The highest BCUT2D eigenvalue weighted by molar-refractivity contribution is 9.10. The highest BCUT2D eigenvalue weighted by Crippen LogP contribution is 2.20. The highest BCUT2D eigenvalue weighted by atomic mass is 79.9. The topological polar surface area (TPSA) is 15.3 Å². The number of benzene rings is 1. The van der Waals surface area contributed by atoms with Crippen molar-refractivity contribution in [2.75, 3.05) is 20.1 Å². The van der Waals surface area contributed by atoms with E-state index < -0.39 is 0 Å². The van der Waals surface area contributed by atoms with Crippen LogP contribution in [-0.4, -0.2) is 31.1 Å². The minimum absolute atomic E-state index is 0.170. The molecule has 16 heavy (non-hydrogen) atoms. The maximum Gasteiger partial charge on any atom is 0.123 e. The summed E-state index contributed by atoms with van der Waals surface area (Å²) in [5, 5.41) is 3.34. The van der Waals surface area contributed by atoms with Gasteiger partial charge in [-0.05, 0) is 43.8 Å². The van der Waals surface area contributed by atoms with Crippen LogP contribution in [0.4, 0.5) is 4.39 Å². The van der Waals surface area contributed by atoms with E-state index in [0.29, 0.717) is 6.04 Å². The van der Waals surface area contributed by atoms with Gasteiger partial charge in [-0.1, -0.05) is 15.9 Å². The van der Waals surface area contributed by atoms with Crippen LogP contribution in [0.3, 0.4) is 0 Å². The van der Waals surface area contributed by atoms with Crippen molar-refractivity contribution in [3.8, 4) is 0 Å². The third-order valence-corrected chi connectivity index (χ3v) is 3.86. The van der Waals surface area contributed by atoms with Crippen LogP contribution in [0.2, 0.25) is 0 Å². The summed E-state index contributed by atoms with van der Waals surface area (Å²) in [5.74, 6) is -0.170. The molecule has 1 saturated heterocycles. The van der Waals surface area contributed by atoms with E-state index >= 15 is 0 Å². The Morgan fingerprint density at radius 1 is 1.56 bits per heavy atom. The second kappa shape index (κ2) is 5.25. The number of hydrogen-bond acceptors (Lipinski definition) is 2. The van der Waals surface area contributed by atoms with Crippen LogP contribution < -0.4 is 5.32 Å². The average Bonchev–Trinajstić information content (AvgIpc) is 2.76. The van der Waals surface area contributed by atoms with Gasteiger partial charge in [-0.25, -0.2) is 4.39 Å². The number of halogens is 2. The van der Waals surface area contributed by atoms with Crippen LogP contribution in [0.25, 0.3) is 0 Å². The fourth-order valence-electron chi connectivity index (χ4n) is 2.08. The lowest BCUT2D eigenvalue weighted by Crippen LogP contribution is -2.32. The quantitative estimate of drug-likeness (QED) is 0.918. The lowest BCUT2D eigenvalue weighted by atomic mass is 10.1. The third kappa shape index (κ3) is 2.81. The molecular weight excluding hydrogens is 271 g/mol. The first-order valence-corrected chi connectivity index (χ1v) is 6.31. The third-order valence-electron chi connectivity index (χ3n) is 3.09. The maximum atomic E-state index is 13.1. The summed E-state index contributed by atoms with van der Waals surface area (Å²) in [6.45, 7) is 2.90. The van der Waals surface area contributed by atoms with Gasteiger partial charge in [-0.15, -0.1) is 0 Å². The number of nitrogens with zero attached hydrogens (tertiary/aromatic N) is 1. The molecule has 1 atom stereocenters. The molecular formula is C12H16BrFN2. The fourth-order valence-corrected chi connectivity index (χ4v) is 2.45. The number of hydrogen-bond donors (Lipinski definition) is 1. The SMILES string of the molecule is CN(Cc1cc(F)ccc1Br)C1CCNC1. The summed E-state index contributed by atoms with van der Waals surface area (Å²) in [5.41, 5.74) is 1.01. The molecule has 0 aromatic heterocycles. The Bertz CT molecular complexity index is 364. The number of likely N-dealkylation sites (N-methyl/N-ethyl adjacent to an activating group) is 1. The van der Waals surface area contributed by atoms with E-state index in [0.717, 1.165) is 29.7 Å². The Kier molecular flexibility index (Phi) is 3.95. The van der Waals surface area contributed by atoms with Gasteiger partial charge in [-0.2, -0.15) is 0 Å². The van der Waals surface area contributed by atoms with Crippen molar-refractivity contribution in [3.63, 3.8) is 0 Å². The summed E-state index contributed by atoms with van der Waals surface area (Å²) in [6, 6.07) is 5.41. The zero-order valence-electron chi connectivity index (χ0n) is 9.34. The second-order valence-electron chi connectivity index (χ2n) is 4.30. The predicted molar refractivity (Wildman–Crippen MR) is 66.8 cm³/mol. The van der Waals surface area contributed by atoms with E-state index in [1.165, 1.54) is 12.5 Å². The molecule has 2 rings (SSSR count). The molecule has 4 heteroatoms. The summed E-state index contributed by atoms with van der Waals surface area (Å²) < 4.78 is 14.1. The van der Waals surface area contributed by atoms with Crippen LogP contribution in [0.15, 0.2) is 22.7 Å². The molecule has 0 spiro atoms. The summed E-state index contributed by atoms with van der Waals surface area (Å²) >= 11 is 3.46. The van der Waals surface area contributed by atoms with Gasteiger partial charge in [0.15, 0.2) is 0 Å². The molecule has 0 bridgehead atoms. The molecule has 0 aliphatic carbocycles. The van der Waals surface area contributed by atoms with E-state index in [4.69, 9.17) is 0 Å². The van der Waals surface area contributed by atoms with Gasteiger partial charge in [0.1, 0.15) is 5.82 Å². The van der Waals surface area contributed by atoms with Gasteiger partial charge in [-0.3, -0.25) is 4.90 Å². The van der Waals surface area contributed by atoms with Gasteiger partial charge >= 0.3 is 0 Å². The Morgan fingerprint density at radius 2 is 2.38 bits per heavy atom. The van der Waals surface area contributed by atoms with E-state index in [1.807, 2.05) is 0 Å². The average molecular weight is 287 g/mol. The molecule has 1 aromatic rings. The molecule has 88 valence electrons. The smallest absolute Gasteiger partial charge is 0.123 e. The molecule has 1 N–H and O–H groups in total. The van der Waals surface area contributed by atoms with Gasteiger partial charge in [0.25, 0.3) is 0 Å². The van der Waals surface area contributed by atoms with Crippen LogP contribution >= 0.6 is 15.9 Å². The van der Waals surface area contributed by atoms with Crippen molar-refractivity contribution in [1.82, 2.24) is 10.2 Å². The Hall–Kier alpha value is -0.450. The van der Waals surface area contributed by atoms with Crippen molar-refractivity contribution < 1.29 is 4.39 Å². The minimum Gasteiger partial charge on any atom is -0.315 e. The first-order chi connectivity index (χ1) is 7.66. The van der Waals surface area contributed by atoms with E-state index in [1.54, 1.807) is 12.1 Å². The summed E-state index contributed by atoms with van der Waals surface area (Å²) in [4.78, 5) is 2.28. The number of rotatable bonds is 3. The highest BCUT2D eigenvalue weighted by Gasteiger charge is 2.19. The van der Waals surface area contributed by atoms with Crippen LogP contribution in [0.5, 0.6) is 0 Å². The minimum atomic E-state index is -0.170. The molecule has 1 fully saturated rings.